The minimum atomic E-state index is -0.742. The molecule has 1 aromatic heterocycles. The van der Waals surface area contributed by atoms with E-state index >= 15 is 0 Å². The summed E-state index contributed by atoms with van der Waals surface area (Å²) >= 11 is 0. The lowest BCUT2D eigenvalue weighted by Crippen LogP contribution is -2.44. The van der Waals surface area contributed by atoms with Crippen LogP contribution in [-0.4, -0.2) is 44.4 Å². The van der Waals surface area contributed by atoms with Crippen LogP contribution in [0.4, 0.5) is 10.5 Å². The molecule has 3 aromatic rings. The minimum Gasteiger partial charge on any atom is -0.326 e. The number of para-hydroxylation sites is 1. The molecule has 1 aliphatic heterocycles. The van der Waals surface area contributed by atoms with Gasteiger partial charge in [-0.25, -0.2) is 9.78 Å². The van der Waals surface area contributed by atoms with Crippen LogP contribution in [0.5, 0.6) is 0 Å². The van der Waals surface area contributed by atoms with Gasteiger partial charge in [-0.3, -0.25) is 19.1 Å². The number of imidazole rings is 1. The van der Waals surface area contributed by atoms with Crippen molar-refractivity contribution in [3.05, 3.63) is 54.4 Å². The maximum Gasteiger partial charge on any atom is 0.325 e. The monoisotopic (exact) mass is 431 g/mol. The summed E-state index contributed by atoms with van der Waals surface area (Å²) in [6.45, 7) is 2.02. The normalized spacial score (nSPS) is 17.3. The highest BCUT2D eigenvalue weighted by atomic mass is 16.2. The van der Waals surface area contributed by atoms with E-state index < -0.39 is 11.6 Å². The molecule has 1 spiro atoms. The first-order valence-electron chi connectivity index (χ1n) is 11.0. The van der Waals surface area contributed by atoms with Crippen molar-refractivity contribution in [1.29, 1.82) is 0 Å². The van der Waals surface area contributed by atoms with E-state index in [0.717, 1.165) is 35.4 Å². The minimum absolute atomic E-state index is 0.0464. The molecule has 32 heavy (non-hydrogen) atoms. The third kappa shape index (κ3) is 3.41. The highest BCUT2D eigenvalue weighted by Crippen LogP contribution is 2.35. The molecule has 1 aliphatic carbocycles. The first-order chi connectivity index (χ1) is 15.5. The molecule has 2 heterocycles. The second-order valence-corrected chi connectivity index (χ2v) is 8.51. The number of hydrogen-bond acceptors (Lipinski definition) is 4. The number of fused-ring (bicyclic) bond motifs is 1. The van der Waals surface area contributed by atoms with Crippen LogP contribution in [0.3, 0.4) is 0 Å². The van der Waals surface area contributed by atoms with Gasteiger partial charge in [0.15, 0.2) is 0 Å². The van der Waals surface area contributed by atoms with Crippen LogP contribution >= 0.6 is 0 Å². The predicted molar refractivity (Wildman–Crippen MR) is 120 cm³/mol. The first-order valence-corrected chi connectivity index (χ1v) is 11.0. The fourth-order valence-corrected chi connectivity index (χ4v) is 4.82. The molecular formula is C24H25N5O3. The predicted octanol–water partition coefficient (Wildman–Crippen LogP) is 3.53. The van der Waals surface area contributed by atoms with Crippen molar-refractivity contribution >= 4 is 34.6 Å². The Balaban J connectivity index is 1.26. The van der Waals surface area contributed by atoms with Crippen molar-refractivity contribution in [1.82, 2.24) is 19.8 Å². The number of nitrogens with zero attached hydrogens (tertiary/aromatic N) is 3. The summed E-state index contributed by atoms with van der Waals surface area (Å²) in [5.41, 5.74) is 2.64. The average molecular weight is 431 g/mol. The first kappa shape index (κ1) is 20.2. The number of aryl methyl sites for hydroxylation is 1. The van der Waals surface area contributed by atoms with Gasteiger partial charge in [0.05, 0.1) is 11.0 Å². The Labute approximate surface area is 185 Å². The maximum absolute atomic E-state index is 12.7. The number of benzene rings is 2. The molecule has 0 unspecified atom stereocenters. The zero-order valence-electron chi connectivity index (χ0n) is 17.9. The third-order valence-corrected chi connectivity index (χ3v) is 6.39. The van der Waals surface area contributed by atoms with E-state index in [9.17, 15) is 14.4 Å². The summed E-state index contributed by atoms with van der Waals surface area (Å²) in [6, 6.07) is 15.2. The molecule has 1 saturated carbocycles. The summed E-state index contributed by atoms with van der Waals surface area (Å²) in [5.74, 6) is 0.404. The van der Waals surface area contributed by atoms with Crippen molar-refractivity contribution in [2.45, 2.75) is 44.6 Å². The molecule has 0 atom stereocenters. The van der Waals surface area contributed by atoms with Gasteiger partial charge in [-0.05, 0) is 50.1 Å². The lowest BCUT2D eigenvalue weighted by atomic mass is 9.98. The van der Waals surface area contributed by atoms with Gasteiger partial charge in [-0.1, -0.05) is 31.0 Å². The topological polar surface area (TPSA) is 96.3 Å². The van der Waals surface area contributed by atoms with Crippen LogP contribution in [-0.2, 0) is 9.59 Å². The van der Waals surface area contributed by atoms with Gasteiger partial charge in [-0.2, -0.15) is 0 Å². The molecule has 0 radical (unpaired) electrons. The SMILES string of the molecule is Cc1nc2cc(NC(=O)CCN3C(=O)NC4(CCCC4)C3=O)ccc2n1-c1ccccc1. The van der Waals surface area contributed by atoms with E-state index in [2.05, 4.69) is 20.2 Å². The fourth-order valence-electron chi connectivity index (χ4n) is 4.82. The number of amides is 4. The maximum atomic E-state index is 12.7. The Bertz CT molecular complexity index is 1210. The summed E-state index contributed by atoms with van der Waals surface area (Å²) in [6.07, 6.45) is 3.26. The second kappa shape index (κ2) is 7.78. The zero-order chi connectivity index (χ0) is 22.3. The Hall–Kier alpha value is -3.68. The molecule has 2 fully saturated rings. The molecule has 2 aromatic carbocycles. The van der Waals surface area contributed by atoms with Crippen molar-refractivity contribution in [3.8, 4) is 5.69 Å². The van der Waals surface area contributed by atoms with Crippen LogP contribution in [0.2, 0.25) is 0 Å². The summed E-state index contributed by atoms with van der Waals surface area (Å²) in [7, 11) is 0. The Morgan fingerprint density at radius 3 is 2.62 bits per heavy atom. The Morgan fingerprint density at radius 1 is 1.12 bits per heavy atom. The van der Waals surface area contributed by atoms with Crippen LogP contribution in [0.1, 0.15) is 37.9 Å². The number of urea groups is 1. The third-order valence-electron chi connectivity index (χ3n) is 6.39. The molecule has 5 rings (SSSR count). The molecule has 8 heteroatoms. The number of carbonyl (C=O) groups excluding carboxylic acids is 3. The van der Waals surface area contributed by atoms with Crippen molar-refractivity contribution in [3.63, 3.8) is 0 Å². The quantitative estimate of drug-likeness (QED) is 0.604. The largest absolute Gasteiger partial charge is 0.326 e. The van der Waals surface area contributed by atoms with Crippen LogP contribution in [0, 0.1) is 6.92 Å². The summed E-state index contributed by atoms with van der Waals surface area (Å²) in [5, 5.41) is 5.70. The van der Waals surface area contributed by atoms with Gasteiger partial charge in [0, 0.05) is 24.3 Å². The molecule has 2 aliphatic rings. The van der Waals surface area contributed by atoms with Crippen LogP contribution in [0.25, 0.3) is 16.7 Å². The Kier molecular flexibility index (Phi) is 4.92. The van der Waals surface area contributed by atoms with E-state index in [1.807, 2.05) is 55.5 Å². The average Bonchev–Trinajstić information content (AvgIpc) is 3.44. The number of rotatable bonds is 5. The number of anilines is 1. The van der Waals surface area contributed by atoms with Crippen molar-refractivity contribution in [2.75, 3.05) is 11.9 Å². The van der Waals surface area contributed by atoms with Crippen molar-refractivity contribution < 1.29 is 14.4 Å². The van der Waals surface area contributed by atoms with E-state index in [1.165, 1.54) is 4.90 Å². The van der Waals surface area contributed by atoms with E-state index in [-0.39, 0.29) is 24.8 Å². The van der Waals surface area contributed by atoms with E-state index in [4.69, 9.17) is 0 Å². The number of carbonyl (C=O) groups is 3. The number of imide groups is 1. The molecule has 164 valence electrons. The number of hydrogen-bond donors (Lipinski definition) is 2. The van der Waals surface area contributed by atoms with Crippen LogP contribution < -0.4 is 10.6 Å². The number of nitrogens with one attached hydrogen (secondary N) is 2. The van der Waals surface area contributed by atoms with Crippen LogP contribution in [0.15, 0.2) is 48.5 Å². The Morgan fingerprint density at radius 2 is 1.88 bits per heavy atom. The zero-order valence-corrected chi connectivity index (χ0v) is 17.9. The molecule has 1 saturated heterocycles. The van der Waals surface area contributed by atoms with Crippen molar-refractivity contribution in [2.24, 2.45) is 0 Å². The fraction of sp³-hybridized carbons (Fsp3) is 0.333. The van der Waals surface area contributed by atoms with E-state index in [0.29, 0.717) is 18.5 Å². The summed E-state index contributed by atoms with van der Waals surface area (Å²) < 4.78 is 2.07. The molecular weight excluding hydrogens is 406 g/mol. The van der Waals surface area contributed by atoms with E-state index in [1.54, 1.807) is 0 Å². The number of aromatic nitrogens is 2. The van der Waals surface area contributed by atoms with Gasteiger partial charge in [0.1, 0.15) is 11.4 Å². The highest BCUT2D eigenvalue weighted by molar-refractivity contribution is 6.07. The lowest BCUT2D eigenvalue weighted by molar-refractivity contribution is -0.131. The second-order valence-electron chi connectivity index (χ2n) is 8.51. The van der Waals surface area contributed by atoms with Gasteiger partial charge in [-0.15, -0.1) is 0 Å². The van der Waals surface area contributed by atoms with Gasteiger partial charge in [0.2, 0.25) is 5.91 Å². The lowest BCUT2D eigenvalue weighted by Gasteiger charge is -2.19. The molecule has 0 bridgehead atoms. The smallest absolute Gasteiger partial charge is 0.325 e. The molecule has 2 N–H and O–H groups in total. The summed E-state index contributed by atoms with van der Waals surface area (Å²) in [4.78, 5) is 43.3. The standard InChI is InChI=1S/C24H25N5O3/c1-16-25-19-15-17(9-10-20(19)29(16)18-7-3-2-4-8-18)26-21(30)11-14-28-22(31)24(27-23(28)32)12-5-6-13-24/h2-4,7-10,15H,5-6,11-14H2,1H3,(H,26,30)(H,27,32). The molecule has 4 amide bonds. The van der Waals surface area contributed by atoms with Gasteiger partial charge in [0.25, 0.3) is 5.91 Å². The van der Waals surface area contributed by atoms with Gasteiger partial charge >= 0.3 is 6.03 Å². The molecule has 8 nitrogen and oxygen atoms in total. The highest BCUT2D eigenvalue weighted by Gasteiger charge is 2.52. The van der Waals surface area contributed by atoms with Gasteiger partial charge < -0.3 is 10.6 Å².